The molecule has 0 aliphatic carbocycles. The Labute approximate surface area is 94.4 Å². The van der Waals surface area contributed by atoms with E-state index in [1.165, 1.54) is 0 Å². The summed E-state index contributed by atoms with van der Waals surface area (Å²) in [7, 11) is 0. The van der Waals surface area contributed by atoms with Gasteiger partial charge in [-0.05, 0) is 0 Å². The van der Waals surface area contributed by atoms with E-state index < -0.39 is 23.5 Å². The van der Waals surface area contributed by atoms with Crippen molar-refractivity contribution in [2.45, 2.75) is 12.4 Å². The van der Waals surface area contributed by atoms with Gasteiger partial charge in [0.15, 0.2) is 0 Å². The molecule has 0 aliphatic rings. The minimum atomic E-state index is -4.74. The van der Waals surface area contributed by atoms with Crippen LogP contribution in [0.1, 0.15) is 11.1 Å². The molecule has 1 aromatic rings. The third-order valence-corrected chi connectivity index (χ3v) is 2.56. The van der Waals surface area contributed by atoms with Crippen molar-refractivity contribution < 1.29 is 26.3 Å². The number of hydrogen-bond donors (Lipinski definition) is 0. The summed E-state index contributed by atoms with van der Waals surface area (Å²) in [5.74, 6) is 0. The molecule has 0 spiro atoms. The van der Waals surface area contributed by atoms with Gasteiger partial charge in [-0.15, -0.1) is 0 Å². The van der Waals surface area contributed by atoms with E-state index in [9.17, 15) is 26.3 Å². The fourth-order valence-corrected chi connectivity index (χ4v) is 2.00. The second-order valence-corrected chi connectivity index (χ2v) is 4.74. The zero-order chi connectivity index (χ0) is 11.9. The van der Waals surface area contributed by atoms with Crippen LogP contribution in [0.5, 0.6) is 0 Å². The average Bonchev–Trinajstić information content (AvgIpc) is 1.99. The number of benzene rings is 1. The van der Waals surface area contributed by atoms with Crippen molar-refractivity contribution in [1.29, 1.82) is 0 Å². The maximum absolute atomic E-state index is 12.2. The van der Waals surface area contributed by atoms with Gasteiger partial charge >= 0.3 is 94.1 Å². The maximum atomic E-state index is 12.2. The van der Waals surface area contributed by atoms with E-state index in [0.29, 0.717) is 0 Å². The molecule has 0 aromatic heterocycles. The van der Waals surface area contributed by atoms with Gasteiger partial charge in [0, 0.05) is 0 Å². The fraction of sp³-hybridized carbons (Fsp3) is 0.250. The van der Waals surface area contributed by atoms with Gasteiger partial charge in [0.2, 0.25) is 0 Å². The van der Waals surface area contributed by atoms with Crippen molar-refractivity contribution in [2.75, 3.05) is 0 Å². The summed E-state index contributed by atoms with van der Waals surface area (Å²) in [6, 6.07) is 1.59. The van der Waals surface area contributed by atoms with Crippen molar-refractivity contribution in [3.63, 3.8) is 0 Å². The number of alkyl halides is 6. The van der Waals surface area contributed by atoms with Crippen LogP contribution in [-0.4, -0.2) is 22.5 Å². The number of hydrogen-bond acceptors (Lipinski definition) is 0. The monoisotopic (exact) mass is 334 g/mol. The Bertz CT molecular complexity index is 332. The van der Waals surface area contributed by atoms with E-state index in [1.807, 2.05) is 0 Å². The molecule has 7 heteroatoms. The first-order valence-electron chi connectivity index (χ1n) is 3.65. The molecule has 0 saturated carbocycles. The zero-order valence-electron chi connectivity index (χ0n) is 7.08. The molecule has 0 atom stereocenters. The molecule has 15 heavy (non-hydrogen) atoms. The van der Waals surface area contributed by atoms with Crippen LogP contribution >= 0.6 is 0 Å². The first-order valence-corrected chi connectivity index (χ1v) is 5.30. The summed E-state index contributed by atoms with van der Waals surface area (Å²) in [5, 5.41) is 0. The van der Waals surface area contributed by atoms with E-state index in [-0.39, 0.29) is 32.2 Å². The van der Waals surface area contributed by atoms with Gasteiger partial charge in [0.1, 0.15) is 0 Å². The van der Waals surface area contributed by atoms with Gasteiger partial charge in [0.25, 0.3) is 0 Å². The van der Waals surface area contributed by atoms with Crippen molar-refractivity contribution >= 4 is 26.1 Å². The van der Waals surface area contributed by atoms with Gasteiger partial charge in [-0.1, -0.05) is 0 Å². The van der Waals surface area contributed by atoms with Gasteiger partial charge < -0.3 is 0 Å². The van der Waals surface area contributed by atoms with E-state index >= 15 is 0 Å². The van der Waals surface area contributed by atoms with E-state index in [0.717, 1.165) is 12.1 Å². The summed E-state index contributed by atoms with van der Waals surface area (Å²) >= 11 is 0.205. The standard InChI is InChI=1S/C8H3F6.Sn.H/c9-7(10,11)5-2-1-3-6(4-5)8(12,13)14;;/h2-4H;;. The van der Waals surface area contributed by atoms with Crippen LogP contribution in [0.4, 0.5) is 26.3 Å². The predicted octanol–water partition coefficient (Wildman–Crippen LogP) is 2.25. The first kappa shape index (κ1) is 12.7. The molecule has 1 rings (SSSR count). The Morgan fingerprint density at radius 1 is 0.733 bits per heavy atom. The molecule has 0 bridgehead atoms. The summed E-state index contributed by atoms with van der Waals surface area (Å²) in [6.45, 7) is 0. The predicted molar refractivity (Wildman–Crippen MR) is 43.2 cm³/mol. The number of rotatable bonds is 0. The molecule has 0 nitrogen and oxygen atoms in total. The quantitative estimate of drug-likeness (QED) is 0.505. The van der Waals surface area contributed by atoms with Crippen LogP contribution in [0.3, 0.4) is 0 Å². The van der Waals surface area contributed by atoms with Crippen molar-refractivity contribution in [3.05, 3.63) is 29.3 Å². The average molecular weight is 333 g/mol. The summed E-state index contributed by atoms with van der Waals surface area (Å²) in [4.78, 5) is 0. The fourth-order valence-electron chi connectivity index (χ4n) is 0.979. The summed E-state index contributed by atoms with van der Waals surface area (Å²) in [5.41, 5.74) is -2.50. The molecular formula is C8H4F6Sn. The molecule has 0 unspecified atom stereocenters. The summed E-state index contributed by atoms with van der Waals surface area (Å²) in [6.07, 6.45) is -9.47. The molecule has 0 aliphatic heterocycles. The topological polar surface area (TPSA) is 0 Å². The molecule has 82 valence electrons. The van der Waals surface area contributed by atoms with Crippen molar-refractivity contribution in [1.82, 2.24) is 0 Å². The minimum absolute atomic E-state index is 0.0579. The van der Waals surface area contributed by atoms with Crippen LogP contribution < -0.4 is 3.58 Å². The van der Waals surface area contributed by atoms with Gasteiger partial charge in [-0.25, -0.2) is 0 Å². The van der Waals surface area contributed by atoms with E-state index in [1.54, 1.807) is 0 Å². The van der Waals surface area contributed by atoms with Crippen LogP contribution in [0.15, 0.2) is 18.2 Å². The molecule has 0 fully saturated rings. The SMILES string of the molecule is FC(F)(F)c1c[c]([SnH])cc(C(F)(F)F)c1. The molecular weight excluding hydrogens is 329 g/mol. The molecule has 0 heterocycles. The Kier molecular flexibility index (Phi) is 3.27. The van der Waals surface area contributed by atoms with Gasteiger partial charge in [-0.3, -0.25) is 0 Å². The third kappa shape index (κ3) is 3.29. The third-order valence-electron chi connectivity index (χ3n) is 1.61. The zero-order valence-corrected chi connectivity index (χ0v) is 10.4. The molecule has 2 radical (unpaired) electrons. The van der Waals surface area contributed by atoms with Crippen LogP contribution in [0, 0.1) is 0 Å². The van der Waals surface area contributed by atoms with E-state index in [4.69, 9.17) is 0 Å². The Morgan fingerprint density at radius 3 is 1.33 bits per heavy atom. The van der Waals surface area contributed by atoms with E-state index in [2.05, 4.69) is 0 Å². The Morgan fingerprint density at radius 2 is 1.07 bits per heavy atom. The van der Waals surface area contributed by atoms with Gasteiger partial charge in [0.05, 0.1) is 0 Å². The molecule has 1 aromatic carbocycles. The van der Waals surface area contributed by atoms with Crippen LogP contribution in [-0.2, 0) is 12.4 Å². The first-order chi connectivity index (χ1) is 6.60. The molecule has 0 amide bonds. The van der Waals surface area contributed by atoms with Gasteiger partial charge in [-0.2, -0.15) is 0 Å². The summed E-state index contributed by atoms with van der Waals surface area (Å²) < 4.78 is 73.2. The molecule has 0 N–H and O–H groups in total. The Balaban J connectivity index is 3.30. The van der Waals surface area contributed by atoms with Crippen LogP contribution in [0.25, 0.3) is 0 Å². The number of halogens is 6. The van der Waals surface area contributed by atoms with Crippen molar-refractivity contribution in [2.24, 2.45) is 0 Å². The molecule has 0 saturated heterocycles. The second kappa shape index (κ2) is 3.88. The Hall–Kier alpha value is -0.401. The normalized spacial score (nSPS) is 13.0. The van der Waals surface area contributed by atoms with Crippen molar-refractivity contribution in [3.8, 4) is 0 Å². The van der Waals surface area contributed by atoms with Crippen LogP contribution in [0.2, 0.25) is 0 Å². The second-order valence-electron chi connectivity index (χ2n) is 2.84.